The first-order chi connectivity index (χ1) is 12.1. The van der Waals surface area contributed by atoms with E-state index in [1.165, 1.54) is 7.11 Å². The van der Waals surface area contributed by atoms with E-state index in [1.807, 2.05) is 33.8 Å². The van der Waals surface area contributed by atoms with E-state index in [2.05, 4.69) is 4.74 Å². The van der Waals surface area contributed by atoms with Crippen molar-refractivity contribution >= 4 is 11.9 Å². The van der Waals surface area contributed by atoms with Crippen LogP contribution >= 0.6 is 0 Å². The van der Waals surface area contributed by atoms with Gasteiger partial charge in [-0.05, 0) is 24.3 Å². The number of esters is 1. The van der Waals surface area contributed by atoms with E-state index in [4.69, 9.17) is 10.2 Å². The first-order valence-corrected chi connectivity index (χ1v) is 8.01. The molecule has 0 spiro atoms. The van der Waals surface area contributed by atoms with Crippen molar-refractivity contribution in [1.82, 2.24) is 0 Å². The molecule has 0 unspecified atom stereocenters. The molecule has 0 heterocycles. The van der Waals surface area contributed by atoms with E-state index < -0.39 is 5.97 Å². The number of ether oxygens (including phenoxy) is 1. The zero-order valence-corrected chi connectivity index (χ0v) is 15.9. The quantitative estimate of drug-likeness (QED) is 0.778. The maximum Gasteiger partial charge on any atom is 0.337 e. The van der Waals surface area contributed by atoms with E-state index in [9.17, 15) is 9.59 Å². The van der Waals surface area contributed by atoms with Crippen LogP contribution in [0.4, 0.5) is 0 Å². The van der Waals surface area contributed by atoms with Crippen LogP contribution in [-0.4, -0.2) is 36.4 Å². The molecule has 0 saturated heterocycles. The summed E-state index contributed by atoms with van der Waals surface area (Å²) in [5.74, 6) is -1.17. The van der Waals surface area contributed by atoms with Gasteiger partial charge < -0.3 is 14.9 Å². The molecule has 0 fully saturated rings. The van der Waals surface area contributed by atoms with E-state index in [0.717, 1.165) is 7.11 Å². The van der Waals surface area contributed by atoms with Crippen LogP contribution in [-0.2, 0) is 4.74 Å². The minimum Gasteiger partial charge on any atom is -0.478 e. The number of aliphatic hydroxyl groups excluding tert-OH is 1. The maximum absolute atomic E-state index is 10.8. The molecule has 2 N–H and O–H groups in total. The number of hydrogen-bond acceptors (Lipinski definition) is 4. The van der Waals surface area contributed by atoms with Crippen LogP contribution in [0.15, 0.2) is 60.7 Å². The van der Waals surface area contributed by atoms with Gasteiger partial charge in [0.25, 0.3) is 0 Å². The number of carbonyl (C=O) groups excluding carboxylic acids is 1. The smallest absolute Gasteiger partial charge is 0.337 e. The summed E-state index contributed by atoms with van der Waals surface area (Å²) in [7, 11) is 2.37. The highest BCUT2D eigenvalue weighted by Crippen LogP contribution is 1.99. The minimum absolute atomic E-state index is 0.291. The largest absolute Gasteiger partial charge is 0.478 e. The predicted molar refractivity (Wildman–Crippen MR) is 102 cm³/mol. The molecule has 140 valence electrons. The summed E-state index contributed by atoms with van der Waals surface area (Å²) < 4.78 is 4.50. The summed E-state index contributed by atoms with van der Waals surface area (Å²) in [5, 5.41) is 15.4. The number of aliphatic hydroxyl groups is 1. The van der Waals surface area contributed by atoms with Crippen LogP contribution in [0, 0.1) is 0 Å². The summed E-state index contributed by atoms with van der Waals surface area (Å²) in [6.45, 7) is 8.00. The normalized spacial score (nSPS) is 7.48. The first-order valence-electron chi connectivity index (χ1n) is 8.01. The standard InChI is InChI=1S/C8H8O2.C7H6O2.2C2H6.CH4O/c1-10-8(9)7-5-3-2-4-6-7;8-7(9)6-4-2-1-3-5-6;3*1-2/h2-6H,1H3;1-5H,(H,8,9);2*1-2H3;2H,1H3. The van der Waals surface area contributed by atoms with Gasteiger partial charge >= 0.3 is 11.9 Å². The van der Waals surface area contributed by atoms with Gasteiger partial charge in [-0.2, -0.15) is 0 Å². The Morgan fingerprint density at radius 1 is 0.720 bits per heavy atom. The van der Waals surface area contributed by atoms with Crippen LogP contribution in [0.2, 0.25) is 0 Å². The molecule has 5 heteroatoms. The second-order valence-corrected chi connectivity index (χ2v) is 3.53. The number of carboxylic acid groups (broad SMARTS) is 1. The lowest BCUT2D eigenvalue weighted by Gasteiger charge is -1.95. The Kier molecular flexibility index (Phi) is 23.2. The molecule has 0 amide bonds. The van der Waals surface area contributed by atoms with E-state index in [-0.39, 0.29) is 5.97 Å². The number of carboxylic acids is 1. The monoisotopic (exact) mass is 350 g/mol. The summed E-state index contributed by atoms with van der Waals surface area (Å²) >= 11 is 0. The van der Waals surface area contributed by atoms with Crippen molar-refractivity contribution in [3.05, 3.63) is 71.8 Å². The molecule has 2 aromatic carbocycles. The first kappa shape index (κ1) is 27.2. The second kappa shape index (κ2) is 21.3. The Bertz CT molecular complexity index is 524. The molecule has 0 aliphatic rings. The van der Waals surface area contributed by atoms with Crippen LogP contribution in [0.5, 0.6) is 0 Å². The van der Waals surface area contributed by atoms with Crippen molar-refractivity contribution in [2.24, 2.45) is 0 Å². The highest BCUT2D eigenvalue weighted by Gasteiger charge is 2.00. The highest BCUT2D eigenvalue weighted by molar-refractivity contribution is 5.89. The SMILES string of the molecule is CC.CC.CO.COC(=O)c1ccccc1.O=C(O)c1ccccc1. The number of rotatable bonds is 2. The van der Waals surface area contributed by atoms with Gasteiger partial charge in [-0.25, -0.2) is 9.59 Å². The summed E-state index contributed by atoms with van der Waals surface area (Å²) in [4.78, 5) is 21.0. The second-order valence-electron chi connectivity index (χ2n) is 3.53. The molecule has 0 saturated carbocycles. The lowest BCUT2D eigenvalue weighted by molar-refractivity contribution is 0.0599. The maximum atomic E-state index is 10.8. The molecule has 0 bridgehead atoms. The Morgan fingerprint density at radius 2 is 1.04 bits per heavy atom. The van der Waals surface area contributed by atoms with E-state index in [1.54, 1.807) is 54.6 Å². The highest BCUT2D eigenvalue weighted by atomic mass is 16.5. The van der Waals surface area contributed by atoms with Crippen molar-refractivity contribution in [1.29, 1.82) is 0 Å². The third-order valence-electron chi connectivity index (χ3n) is 2.22. The van der Waals surface area contributed by atoms with Gasteiger partial charge in [0.1, 0.15) is 0 Å². The molecular weight excluding hydrogens is 320 g/mol. The summed E-state index contributed by atoms with van der Waals surface area (Å²) in [6, 6.07) is 17.2. The summed E-state index contributed by atoms with van der Waals surface area (Å²) in [6.07, 6.45) is 0. The third-order valence-corrected chi connectivity index (χ3v) is 2.22. The predicted octanol–water partition coefficient (Wildman–Crippen LogP) is 4.52. The Balaban J connectivity index is -0.000000299. The zero-order valence-electron chi connectivity index (χ0n) is 15.9. The van der Waals surface area contributed by atoms with Crippen molar-refractivity contribution in [3.8, 4) is 0 Å². The molecule has 0 aliphatic carbocycles. The molecule has 0 radical (unpaired) electrons. The Labute approximate surface area is 150 Å². The average Bonchev–Trinajstić information content (AvgIpc) is 2.73. The molecule has 0 aromatic heterocycles. The number of aromatic carboxylic acids is 1. The zero-order chi connectivity index (χ0) is 20.1. The number of benzene rings is 2. The average molecular weight is 350 g/mol. The van der Waals surface area contributed by atoms with Crippen LogP contribution in [0.3, 0.4) is 0 Å². The topological polar surface area (TPSA) is 83.8 Å². The van der Waals surface area contributed by atoms with Gasteiger partial charge in [0.15, 0.2) is 0 Å². The van der Waals surface area contributed by atoms with Crippen LogP contribution in [0.25, 0.3) is 0 Å². The van der Waals surface area contributed by atoms with Gasteiger partial charge in [-0.3, -0.25) is 0 Å². The van der Waals surface area contributed by atoms with Gasteiger partial charge in [0.05, 0.1) is 18.2 Å². The molecule has 0 atom stereocenters. The fourth-order valence-electron chi connectivity index (χ4n) is 1.27. The Hall–Kier alpha value is -2.66. The molecule has 2 aromatic rings. The van der Waals surface area contributed by atoms with Gasteiger partial charge in [-0.15, -0.1) is 0 Å². The van der Waals surface area contributed by atoms with Gasteiger partial charge in [-0.1, -0.05) is 64.1 Å². The van der Waals surface area contributed by atoms with Gasteiger partial charge in [0.2, 0.25) is 0 Å². The van der Waals surface area contributed by atoms with Crippen molar-refractivity contribution in [3.63, 3.8) is 0 Å². The number of carbonyl (C=O) groups is 2. The molecule has 5 nitrogen and oxygen atoms in total. The van der Waals surface area contributed by atoms with Crippen LogP contribution < -0.4 is 0 Å². The molecule has 25 heavy (non-hydrogen) atoms. The van der Waals surface area contributed by atoms with Crippen molar-refractivity contribution < 1.29 is 24.5 Å². The third kappa shape index (κ3) is 14.7. The van der Waals surface area contributed by atoms with E-state index >= 15 is 0 Å². The number of methoxy groups -OCH3 is 1. The Morgan fingerprint density at radius 3 is 1.28 bits per heavy atom. The fraction of sp³-hybridized carbons (Fsp3) is 0.300. The van der Waals surface area contributed by atoms with Crippen LogP contribution in [0.1, 0.15) is 48.4 Å². The molecular formula is C20H30O5. The lowest BCUT2D eigenvalue weighted by atomic mass is 10.2. The van der Waals surface area contributed by atoms with Crippen molar-refractivity contribution in [2.75, 3.05) is 14.2 Å². The van der Waals surface area contributed by atoms with Crippen molar-refractivity contribution in [2.45, 2.75) is 27.7 Å². The van der Waals surface area contributed by atoms with E-state index in [0.29, 0.717) is 11.1 Å². The molecule has 0 aliphatic heterocycles. The summed E-state index contributed by atoms with van der Waals surface area (Å²) in [5.41, 5.74) is 0.919. The molecule has 2 rings (SSSR count). The lowest BCUT2D eigenvalue weighted by Crippen LogP contribution is -1.99. The van der Waals surface area contributed by atoms with Gasteiger partial charge in [0, 0.05) is 7.11 Å². The number of hydrogen-bond donors (Lipinski definition) is 2. The fourth-order valence-corrected chi connectivity index (χ4v) is 1.27. The minimum atomic E-state index is -0.879.